The third kappa shape index (κ3) is 2.61. The Bertz CT molecular complexity index is 453. The fourth-order valence-corrected chi connectivity index (χ4v) is 2.74. The zero-order valence-corrected chi connectivity index (χ0v) is 11.1. The molecule has 0 aromatic carbocycles. The summed E-state index contributed by atoms with van der Waals surface area (Å²) in [5, 5.41) is 8.81. The Labute approximate surface area is 108 Å². The summed E-state index contributed by atoms with van der Waals surface area (Å²) in [6, 6.07) is 2.00. The first kappa shape index (κ1) is 12.8. The molecular weight excluding hydrogens is 224 g/mol. The first-order valence-electron chi connectivity index (χ1n) is 6.64. The first-order valence-corrected chi connectivity index (χ1v) is 6.64. The van der Waals surface area contributed by atoms with E-state index in [0.29, 0.717) is 17.3 Å². The van der Waals surface area contributed by atoms with Crippen LogP contribution in [0.4, 0.5) is 5.82 Å². The van der Waals surface area contributed by atoms with Gasteiger partial charge in [0.1, 0.15) is 23.3 Å². The van der Waals surface area contributed by atoms with Gasteiger partial charge < -0.3 is 5.73 Å². The molecule has 1 aliphatic carbocycles. The largest absolute Gasteiger partial charge is 0.382 e. The van der Waals surface area contributed by atoms with E-state index >= 15 is 0 Å². The third-order valence-electron chi connectivity index (χ3n) is 4.04. The summed E-state index contributed by atoms with van der Waals surface area (Å²) in [6.07, 6.45) is 6.30. The first-order chi connectivity index (χ1) is 8.61. The predicted octanol–water partition coefficient (Wildman–Crippen LogP) is 2.86. The highest BCUT2D eigenvalue weighted by Crippen LogP contribution is 2.37. The minimum Gasteiger partial charge on any atom is -0.382 e. The van der Waals surface area contributed by atoms with Crippen LogP contribution in [0.2, 0.25) is 0 Å². The number of hydrogen-bond donors (Lipinski definition) is 1. The van der Waals surface area contributed by atoms with Gasteiger partial charge in [0.2, 0.25) is 0 Å². The molecule has 0 amide bonds. The van der Waals surface area contributed by atoms with Crippen molar-refractivity contribution in [2.24, 2.45) is 11.8 Å². The molecule has 4 nitrogen and oxygen atoms in total. The lowest BCUT2D eigenvalue weighted by Crippen LogP contribution is -2.19. The van der Waals surface area contributed by atoms with Crippen LogP contribution in [0.15, 0.2) is 6.20 Å². The van der Waals surface area contributed by atoms with Crippen LogP contribution in [0.3, 0.4) is 0 Å². The monoisotopic (exact) mass is 244 g/mol. The van der Waals surface area contributed by atoms with E-state index < -0.39 is 0 Å². The maximum absolute atomic E-state index is 8.81. The molecule has 0 atom stereocenters. The molecule has 18 heavy (non-hydrogen) atoms. The number of rotatable bonds is 2. The van der Waals surface area contributed by atoms with Gasteiger partial charge in [0, 0.05) is 5.92 Å². The van der Waals surface area contributed by atoms with E-state index in [-0.39, 0.29) is 0 Å². The highest BCUT2D eigenvalue weighted by Gasteiger charge is 2.26. The van der Waals surface area contributed by atoms with Crippen molar-refractivity contribution in [2.75, 3.05) is 5.73 Å². The van der Waals surface area contributed by atoms with E-state index in [0.717, 1.165) is 30.5 Å². The maximum Gasteiger partial charge on any atom is 0.145 e. The van der Waals surface area contributed by atoms with Gasteiger partial charge in [-0.3, -0.25) is 0 Å². The number of nitrogens with two attached hydrogens (primary N) is 1. The van der Waals surface area contributed by atoms with Crippen LogP contribution >= 0.6 is 0 Å². The quantitative estimate of drug-likeness (QED) is 0.867. The van der Waals surface area contributed by atoms with Crippen molar-refractivity contribution in [3.63, 3.8) is 0 Å². The minimum absolute atomic E-state index is 0.313. The van der Waals surface area contributed by atoms with Crippen LogP contribution in [-0.4, -0.2) is 9.97 Å². The summed E-state index contributed by atoms with van der Waals surface area (Å²) in [5.41, 5.74) is 6.11. The molecule has 1 fully saturated rings. The van der Waals surface area contributed by atoms with Gasteiger partial charge in [-0.05, 0) is 37.5 Å². The Morgan fingerprint density at radius 1 is 1.33 bits per heavy atom. The van der Waals surface area contributed by atoms with E-state index in [2.05, 4.69) is 23.8 Å². The number of hydrogen-bond acceptors (Lipinski definition) is 4. The SMILES string of the molecule is CC(C)C1CCC(c2ncc(C#N)c(N)n2)CC1. The lowest BCUT2D eigenvalue weighted by molar-refractivity contribution is 0.255. The molecule has 1 aliphatic rings. The Kier molecular flexibility index (Phi) is 3.81. The summed E-state index contributed by atoms with van der Waals surface area (Å²) in [4.78, 5) is 8.57. The fraction of sp³-hybridized carbons (Fsp3) is 0.643. The average Bonchev–Trinajstić information content (AvgIpc) is 2.38. The van der Waals surface area contributed by atoms with Gasteiger partial charge in [-0.15, -0.1) is 0 Å². The number of aromatic nitrogens is 2. The standard InChI is InChI=1S/C14H20N4/c1-9(2)10-3-5-11(6-4-10)14-17-8-12(7-15)13(16)18-14/h8-11H,3-6H2,1-2H3,(H2,16,17,18). The fourth-order valence-electron chi connectivity index (χ4n) is 2.74. The molecule has 1 aromatic heterocycles. The molecule has 0 unspecified atom stereocenters. The smallest absolute Gasteiger partial charge is 0.145 e. The van der Waals surface area contributed by atoms with Gasteiger partial charge in [-0.1, -0.05) is 13.8 Å². The number of nitrogens with zero attached hydrogens (tertiary/aromatic N) is 3. The van der Waals surface area contributed by atoms with Crippen molar-refractivity contribution in [1.82, 2.24) is 9.97 Å². The molecule has 1 aromatic rings. The van der Waals surface area contributed by atoms with Gasteiger partial charge in [-0.25, -0.2) is 9.97 Å². The normalized spacial score (nSPS) is 23.9. The average molecular weight is 244 g/mol. The molecule has 0 saturated heterocycles. The number of nitriles is 1. The molecule has 2 N–H and O–H groups in total. The molecule has 1 heterocycles. The second-order valence-electron chi connectivity index (χ2n) is 5.49. The van der Waals surface area contributed by atoms with Crippen molar-refractivity contribution in [2.45, 2.75) is 45.4 Å². The topological polar surface area (TPSA) is 75.6 Å². The second-order valence-corrected chi connectivity index (χ2v) is 5.49. The molecule has 4 heteroatoms. The Morgan fingerprint density at radius 3 is 2.50 bits per heavy atom. The van der Waals surface area contributed by atoms with Crippen LogP contribution in [0.1, 0.15) is 56.8 Å². The Morgan fingerprint density at radius 2 is 2.00 bits per heavy atom. The van der Waals surface area contributed by atoms with E-state index in [1.54, 1.807) is 6.20 Å². The Balaban J connectivity index is 2.06. The van der Waals surface area contributed by atoms with Crippen LogP contribution < -0.4 is 5.73 Å². The summed E-state index contributed by atoms with van der Waals surface area (Å²) in [6.45, 7) is 4.59. The van der Waals surface area contributed by atoms with Crippen LogP contribution in [0.5, 0.6) is 0 Å². The van der Waals surface area contributed by atoms with E-state index in [1.165, 1.54) is 12.8 Å². The van der Waals surface area contributed by atoms with Gasteiger partial charge in [-0.2, -0.15) is 5.26 Å². The zero-order chi connectivity index (χ0) is 13.1. The highest BCUT2D eigenvalue weighted by molar-refractivity contribution is 5.46. The van der Waals surface area contributed by atoms with Crippen molar-refractivity contribution in [3.05, 3.63) is 17.6 Å². The molecule has 1 saturated carbocycles. The van der Waals surface area contributed by atoms with Gasteiger partial charge in [0.05, 0.1) is 6.20 Å². The van der Waals surface area contributed by atoms with Crippen molar-refractivity contribution < 1.29 is 0 Å². The van der Waals surface area contributed by atoms with Crippen LogP contribution in [-0.2, 0) is 0 Å². The van der Waals surface area contributed by atoms with Crippen LogP contribution in [0, 0.1) is 23.2 Å². The molecule has 96 valence electrons. The molecule has 2 rings (SSSR count). The number of anilines is 1. The minimum atomic E-state index is 0.313. The summed E-state index contributed by atoms with van der Waals surface area (Å²) in [7, 11) is 0. The lowest BCUT2D eigenvalue weighted by atomic mass is 9.77. The summed E-state index contributed by atoms with van der Waals surface area (Å²) < 4.78 is 0. The Hall–Kier alpha value is -1.63. The molecule has 0 spiro atoms. The van der Waals surface area contributed by atoms with Gasteiger partial charge in [0.15, 0.2) is 0 Å². The van der Waals surface area contributed by atoms with Crippen LogP contribution in [0.25, 0.3) is 0 Å². The lowest BCUT2D eigenvalue weighted by Gasteiger charge is -2.30. The molecule has 0 radical (unpaired) electrons. The van der Waals surface area contributed by atoms with Gasteiger partial charge in [0.25, 0.3) is 0 Å². The third-order valence-corrected chi connectivity index (χ3v) is 4.04. The molecular formula is C14H20N4. The summed E-state index contributed by atoms with van der Waals surface area (Å²) >= 11 is 0. The van der Waals surface area contributed by atoms with Crippen molar-refractivity contribution in [1.29, 1.82) is 5.26 Å². The van der Waals surface area contributed by atoms with Crippen molar-refractivity contribution >= 4 is 5.82 Å². The zero-order valence-electron chi connectivity index (χ0n) is 11.1. The molecule has 0 bridgehead atoms. The van der Waals surface area contributed by atoms with E-state index in [4.69, 9.17) is 11.0 Å². The van der Waals surface area contributed by atoms with E-state index in [9.17, 15) is 0 Å². The maximum atomic E-state index is 8.81. The predicted molar refractivity (Wildman–Crippen MR) is 70.7 cm³/mol. The number of nitrogen functional groups attached to an aromatic ring is 1. The second kappa shape index (κ2) is 5.34. The highest BCUT2D eigenvalue weighted by atomic mass is 14.9. The van der Waals surface area contributed by atoms with E-state index in [1.807, 2.05) is 6.07 Å². The van der Waals surface area contributed by atoms with Gasteiger partial charge >= 0.3 is 0 Å². The molecule has 0 aliphatic heterocycles. The van der Waals surface area contributed by atoms with Crippen molar-refractivity contribution in [3.8, 4) is 6.07 Å². The summed E-state index contributed by atoms with van der Waals surface area (Å²) in [5.74, 6) is 3.13.